The minimum Gasteiger partial charge on any atom is -0.205 e. The van der Waals surface area contributed by atoms with Crippen molar-refractivity contribution in [3.05, 3.63) is 29.6 Å². The predicted molar refractivity (Wildman–Crippen MR) is 125 cm³/mol. The van der Waals surface area contributed by atoms with Gasteiger partial charge in [-0.3, -0.25) is 0 Å². The minimum absolute atomic E-state index is 1.18. The summed E-state index contributed by atoms with van der Waals surface area (Å²) in [6.07, 6.45) is 30.6. The van der Waals surface area contributed by atoms with Crippen LogP contribution in [-0.2, 0) is 6.54 Å². The van der Waals surface area contributed by atoms with Gasteiger partial charge in [0.1, 0.15) is 6.54 Å². The van der Waals surface area contributed by atoms with Crippen LogP contribution in [0.4, 0.5) is 0 Å². The molecule has 0 aliphatic carbocycles. The molecule has 0 unspecified atom stereocenters. The third-order valence-corrected chi connectivity index (χ3v) is 6.27. The van der Waals surface area contributed by atoms with Gasteiger partial charge >= 0.3 is 0 Å². The molecule has 1 aromatic heterocycles. The summed E-state index contributed by atoms with van der Waals surface area (Å²) in [5, 5.41) is 0. The van der Waals surface area contributed by atoms with Gasteiger partial charge in [-0.15, -0.1) is 0 Å². The fourth-order valence-electron chi connectivity index (χ4n) is 4.07. The van der Waals surface area contributed by atoms with Crippen molar-refractivity contribution < 1.29 is 4.57 Å². The molecule has 1 rings (SSSR count). The van der Waals surface area contributed by atoms with E-state index in [1.165, 1.54) is 133 Å². The Morgan fingerprint density at radius 3 is 1.32 bits per heavy atom. The van der Waals surface area contributed by atoms with Gasteiger partial charge < -0.3 is 0 Å². The molecule has 1 aromatic rings. The van der Waals surface area contributed by atoms with Crippen LogP contribution in [0.25, 0.3) is 0 Å². The van der Waals surface area contributed by atoms with Crippen LogP contribution >= 0.6 is 0 Å². The topological polar surface area (TPSA) is 3.88 Å². The normalized spacial score (nSPS) is 11.2. The highest BCUT2D eigenvalue weighted by Crippen LogP contribution is 2.14. The van der Waals surface area contributed by atoms with E-state index in [-0.39, 0.29) is 0 Å². The summed E-state index contributed by atoms with van der Waals surface area (Å²) in [5.41, 5.74) is 2.80. The first-order valence-electron chi connectivity index (χ1n) is 12.7. The zero-order valence-electron chi connectivity index (χ0n) is 19.6. The quantitative estimate of drug-likeness (QED) is 0.165. The maximum absolute atomic E-state index is 2.36. The van der Waals surface area contributed by atoms with Crippen molar-refractivity contribution in [1.29, 1.82) is 0 Å². The third-order valence-electron chi connectivity index (χ3n) is 6.27. The zero-order chi connectivity index (χ0) is 20.3. The second kappa shape index (κ2) is 18.2. The number of aromatic nitrogens is 1. The molecular formula is C27H50N+. The van der Waals surface area contributed by atoms with Crippen LogP contribution in [0.5, 0.6) is 0 Å². The molecule has 1 heterocycles. The van der Waals surface area contributed by atoms with Crippen molar-refractivity contribution in [2.75, 3.05) is 0 Å². The highest BCUT2D eigenvalue weighted by atomic mass is 14.9. The highest BCUT2D eigenvalue weighted by Gasteiger charge is 2.02. The molecule has 1 nitrogen and oxygen atoms in total. The number of hydrogen-bond donors (Lipinski definition) is 0. The molecule has 0 aliphatic rings. The van der Waals surface area contributed by atoms with Gasteiger partial charge in [-0.2, -0.15) is 0 Å². The summed E-state index contributed by atoms with van der Waals surface area (Å²) in [4.78, 5) is 0. The fourth-order valence-corrected chi connectivity index (χ4v) is 4.07. The summed E-state index contributed by atoms with van der Waals surface area (Å²) in [6.45, 7) is 7.88. The number of aryl methyl sites for hydroxylation is 3. The lowest BCUT2D eigenvalue weighted by Crippen LogP contribution is -2.33. The van der Waals surface area contributed by atoms with Gasteiger partial charge in [-0.05, 0) is 25.8 Å². The number of unbranched alkanes of at least 4 members (excludes halogenated alkanes) is 17. The Morgan fingerprint density at radius 2 is 0.929 bits per heavy atom. The van der Waals surface area contributed by atoms with Crippen LogP contribution in [0.2, 0.25) is 0 Å². The Kier molecular flexibility index (Phi) is 16.4. The average Bonchev–Trinajstić information content (AvgIpc) is 2.69. The fraction of sp³-hybridized carbons (Fsp3) is 0.815. The summed E-state index contributed by atoms with van der Waals surface area (Å²) in [6, 6.07) is 2.24. The Labute approximate surface area is 177 Å². The van der Waals surface area contributed by atoms with Crippen molar-refractivity contribution in [3.63, 3.8) is 0 Å². The highest BCUT2D eigenvalue weighted by molar-refractivity contribution is 5.16. The number of nitrogens with zero attached hydrogens (tertiary/aromatic N) is 1. The van der Waals surface area contributed by atoms with E-state index in [1.54, 1.807) is 0 Å². The molecule has 0 radical (unpaired) electrons. The van der Waals surface area contributed by atoms with Crippen molar-refractivity contribution in [2.45, 2.75) is 143 Å². The van der Waals surface area contributed by atoms with Gasteiger partial charge in [0.05, 0.1) is 0 Å². The second-order valence-corrected chi connectivity index (χ2v) is 9.06. The molecule has 0 N–H and O–H groups in total. The maximum Gasteiger partial charge on any atom is 0.171 e. The van der Waals surface area contributed by atoms with E-state index in [0.717, 1.165) is 0 Å². The Balaban J connectivity index is 1.75. The molecule has 0 aliphatic heterocycles. The largest absolute Gasteiger partial charge is 0.205 e. The lowest BCUT2D eigenvalue weighted by molar-refractivity contribution is -0.697. The molecule has 0 amide bonds. The Morgan fingerprint density at radius 1 is 0.536 bits per heavy atom. The molecule has 0 spiro atoms. The number of hydrogen-bond acceptors (Lipinski definition) is 0. The minimum atomic E-state index is 1.18. The van der Waals surface area contributed by atoms with Crippen molar-refractivity contribution in [3.8, 4) is 0 Å². The van der Waals surface area contributed by atoms with Gasteiger partial charge in [-0.1, -0.05) is 110 Å². The van der Waals surface area contributed by atoms with Crippen LogP contribution in [0.1, 0.15) is 134 Å². The second-order valence-electron chi connectivity index (χ2n) is 9.06. The van der Waals surface area contributed by atoms with Crippen LogP contribution in [0, 0.1) is 13.8 Å². The molecule has 0 aromatic carbocycles. The molecule has 0 atom stereocenters. The van der Waals surface area contributed by atoms with Gasteiger partial charge in [-0.25, -0.2) is 4.57 Å². The lowest BCUT2D eigenvalue weighted by Gasteiger charge is -2.04. The smallest absolute Gasteiger partial charge is 0.171 e. The molecule has 162 valence electrons. The number of pyridine rings is 1. The van der Waals surface area contributed by atoms with E-state index >= 15 is 0 Å². The first-order valence-corrected chi connectivity index (χ1v) is 12.7. The lowest BCUT2D eigenvalue weighted by atomic mass is 10.0. The predicted octanol–water partition coefficient (Wildman–Crippen LogP) is 8.63. The SMILES string of the molecule is CCCCCCCCCCCCCCCCCCCC[n+]1ccc(C)c(C)c1. The van der Waals surface area contributed by atoms with Crippen molar-refractivity contribution in [2.24, 2.45) is 0 Å². The first-order chi connectivity index (χ1) is 13.7. The molecule has 0 saturated carbocycles. The molecule has 0 saturated heterocycles. The van der Waals surface area contributed by atoms with E-state index < -0.39 is 0 Å². The molecule has 28 heavy (non-hydrogen) atoms. The van der Waals surface area contributed by atoms with E-state index in [1.807, 2.05) is 0 Å². The van der Waals surface area contributed by atoms with E-state index in [9.17, 15) is 0 Å². The standard InChI is InChI=1S/C27H50N/c1-4-5-6-7-8-9-10-11-12-13-14-15-16-17-18-19-20-21-23-28-24-22-26(2)27(3)25-28/h22,24-25H,4-21,23H2,1-3H3/q+1. The molecule has 0 bridgehead atoms. The maximum atomic E-state index is 2.36. The number of rotatable bonds is 19. The van der Waals surface area contributed by atoms with Crippen molar-refractivity contribution in [1.82, 2.24) is 0 Å². The van der Waals surface area contributed by atoms with Gasteiger partial charge in [0.2, 0.25) is 0 Å². The van der Waals surface area contributed by atoms with Crippen LogP contribution < -0.4 is 4.57 Å². The van der Waals surface area contributed by atoms with E-state index in [0.29, 0.717) is 0 Å². The van der Waals surface area contributed by atoms with Crippen LogP contribution in [0.15, 0.2) is 18.5 Å². The monoisotopic (exact) mass is 388 g/mol. The summed E-state index contributed by atoms with van der Waals surface area (Å²) in [7, 11) is 0. The Bertz CT molecular complexity index is 465. The van der Waals surface area contributed by atoms with E-state index in [2.05, 4.69) is 43.8 Å². The van der Waals surface area contributed by atoms with Crippen LogP contribution in [-0.4, -0.2) is 0 Å². The molecular weight excluding hydrogens is 338 g/mol. The Hall–Kier alpha value is -0.850. The summed E-state index contributed by atoms with van der Waals surface area (Å²) >= 11 is 0. The zero-order valence-corrected chi connectivity index (χ0v) is 19.6. The van der Waals surface area contributed by atoms with Crippen LogP contribution in [0.3, 0.4) is 0 Å². The van der Waals surface area contributed by atoms with Gasteiger partial charge in [0.25, 0.3) is 0 Å². The van der Waals surface area contributed by atoms with Crippen molar-refractivity contribution >= 4 is 0 Å². The average molecular weight is 389 g/mol. The first kappa shape index (κ1) is 25.2. The molecule has 0 fully saturated rings. The van der Waals surface area contributed by atoms with Gasteiger partial charge in [0, 0.05) is 18.1 Å². The molecule has 1 heteroatoms. The summed E-state index contributed by atoms with van der Waals surface area (Å²) in [5.74, 6) is 0. The summed E-state index contributed by atoms with van der Waals surface area (Å²) < 4.78 is 2.36. The van der Waals surface area contributed by atoms with Gasteiger partial charge in [0.15, 0.2) is 12.4 Å². The third kappa shape index (κ3) is 14.2. The van der Waals surface area contributed by atoms with E-state index in [4.69, 9.17) is 0 Å².